The average Bonchev–Trinajstić information content (AvgIpc) is 2.68. The van der Waals surface area contributed by atoms with Gasteiger partial charge < -0.3 is 9.80 Å². The summed E-state index contributed by atoms with van der Waals surface area (Å²) in [6.07, 6.45) is 4.10. The van der Waals surface area contributed by atoms with Crippen LogP contribution in [0.5, 0.6) is 0 Å². The maximum atomic E-state index is 13.1. The minimum atomic E-state index is -3.53. The molecule has 1 aromatic rings. The van der Waals surface area contributed by atoms with Crippen LogP contribution >= 0.6 is 0 Å². The van der Waals surface area contributed by atoms with Crippen molar-refractivity contribution in [1.82, 2.24) is 19.1 Å². The number of piperidine rings is 1. The molecule has 1 atom stereocenters. The first-order valence-electron chi connectivity index (χ1n) is 9.70. The Morgan fingerprint density at radius 3 is 2.48 bits per heavy atom. The van der Waals surface area contributed by atoms with Gasteiger partial charge in [0.15, 0.2) is 0 Å². The Morgan fingerprint density at radius 1 is 1.19 bits per heavy atom. The fourth-order valence-electron chi connectivity index (χ4n) is 4.02. The fraction of sp³-hybridized carbons (Fsp3) is 0.684. The first-order valence-corrected chi connectivity index (χ1v) is 11.1. The molecule has 2 saturated heterocycles. The molecule has 1 amide bonds. The first kappa shape index (κ1) is 20.2. The number of amides is 1. The second-order valence-electron chi connectivity index (χ2n) is 7.97. The molecule has 0 spiro atoms. The number of hydrogen-bond donors (Lipinski definition) is 0. The number of hydrogen-bond acceptors (Lipinski definition) is 5. The summed E-state index contributed by atoms with van der Waals surface area (Å²) in [5.41, 5.74) is 0. The van der Waals surface area contributed by atoms with Crippen molar-refractivity contribution in [3.63, 3.8) is 0 Å². The summed E-state index contributed by atoms with van der Waals surface area (Å²) in [6.45, 7) is 7.63. The van der Waals surface area contributed by atoms with Gasteiger partial charge in [-0.15, -0.1) is 0 Å². The van der Waals surface area contributed by atoms with Gasteiger partial charge >= 0.3 is 0 Å². The van der Waals surface area contributed by atoms with Crippen LogP contribution in [0.3, 0.4) is 0 Å². The Balaban J connectivity index is 1.64. The molecule has 0 saturated carbocycles. The van der Waals surface area contributed by atoms with E-state index in [0.717, 1.165) is 19.6 Å². The van der Waals surface area contributed by atoms with Gasteiger partial charge in [-0.25, -0.2) is 8.42 Å². The van der Waals surface area contributed by atoms with Crippen molar-refractivity contribution in [2.24, 2.45) is 11.8 Å². The lowest BCUT2D eigenvalue weighted by atomic mass is 9.93. The van der Waals surface area contributed by atoms with Crippen molar-refractivity contribution < 1.29 is 13.2 Å². The number of rotatable bonds is 4. The van der Waals surface area contributed by atoms with E-state index >= 15 is 0 Å². The van der Waals surface area contributed by atoms with Gasteiger partial charge in [0.25, 0.3) is 0 Å². The molecule has 1 unspecified atom stereocenters. The van der Waals surface area contributed by atoms with Crippen molar-refractivity contribution in [2.45, 2.75) is 37.6 Å². The number of sulfonamides is 1. The van der Waals surface area contributed by atoms with E-state index in [2.05, 4.69) is 30.8 Å². The molecule has 8 heteroatoms. The standard InChI is InChI=1S/C19H30N4O3S/c1-15(2)18-14-21(3)11-12-23(18)19(24)16-6-9-22(10-7-16)27(25,26)17-5-4-8-20-13-17/h4-5,8,13,15-16,18H,6-7,9-12,14H2,1-3H3. The van der Waals surface area contributed by atoms with E-state index < -0.39 is 10.0 Å². The van der Waals surface area contributed by atoms with Crippen LogP contribution in [0.25, 0.3) is 0 Å². The van der Waals surface area contributed by atoms with Gasteiger partial charge in [-0.3, -0.25) is 9.78 Å². The maximum absolute atomic E-state index is 13.1. The molecular weight excluding hydrogens is 364 g/mol. The molecule has 27 heavy (non-hydrogen) atoms. The van der Waals surface area contributed by atoms with Crippen LogP contribution < -0.4 is 0 Å². The van der Waals surface area contributed by atoms with Gasteiger partial charge in [0, 0.05) is 57.1 Å². The van der Waals surface area contributed by atoms with E-state index in [9.17, 15) is 13.2 Å². The third kappa shape index (κ3) is 4.33. The Morgan fingerprint density at radius 2 is 1.89 bits per heavy atom. The highest BCUT2D eigenvalue weighted by atomic mass is 32.2. The van der Waals surface area contributed by atoms with Crippen LogP contribution in [-0.2, 0) is 14.8 Å². The number of carbonyl (C=O) groups excluding carboxylic acids is 1. The minimum absolute atomic E-state index is 0.0880. The largest absolute Gasteiger partial charge is 0.337 e. The Hall–Kier alpha value is -1.51. The number of carbonyl (C=O) groups is 1. The number of nitrogens with zero attached hydrogens (tertiary/aromatic N) is 4. The SMILES string of the molecule is CC(C)C1CN(C)CCN1C(=O)C1CCN(S(=O)(=O)c2cccnc2)CC1. The second kappa shape index (κ2) is 8.24. The van der Waals surface area contributed by atoms with E-state index in [4.69, 9.17) is 0 Å². The molecule has 0 radical (unpaired) electrons. The molecule has 1 aromatic heterocycles. The van der Waals surface area contributed by atoms with E-state index in [1.807, 2.05) is 4.90 Å². The van der Waals surface area contributed by atoms with Gasteiger partial charge in [0.1, 0.15) is 4.90 Å². The highest BCUT2D eigenvalue weighted by Gasteiger charge is 2.37. The van der Waals surface area contributed by atoms with Crippen molar-refractivity contribution >= 4 is 15.9 Å². The summed E-state index contributed by atoms with van der Waals surface area (Å²) in [4.78, 5) is 21.6. The molecule has 2 aliphatic heterocycles. The third-order valence-electron chi connectivity index (χ3n) is 5.75. The quantitative estimate of drug-likeness (QED) is 0.769. The Labute approximate surface area is 162 Å². The fourth-order valence-corrected chi connectivity index (χ4v) is 5.46. The van der Waals surface area contributed by atoms with Crippen molar-refractivity contribution in [3.8, 4) is 0 Å². The summed E-state index contributed by atoms with van der Waals surface area (Å²) in [6, 6.07) is 3.42. The smallest absolute Gasteiger partial charge is 0.244 e. The van der Waals surface area contributed by atoms with Crippen molar-refractivity contribution in [3.05, 3.63) is 24.5 Å². The summed E-state index contributed by atoms with van der Waals surface area (Å²) in [7, 11) is -1.43. The summed E-state index contributed by atoms with van der Waals surface area (Å²) < 4.78 is 26.9. The van der Waals surface area contributed by atoms with Gasteiger partial charge in [-0.2, -0.15) is 4.31 Å². The Kier molecular flexibility index (Phi) is 6.18. The molecule has 0 bridgehead atoms. The predicted octanol–water partition coefficient (Wildman–Crippen LogP) is 1.28. The van der Waals surface area contributed by atoms with E-state index in [0.29, 0.717) is 31.8 Å². The van der Waals surface area contributed by atoms with Crippen molar-refractivity contribution in [1.29, 1.82) is 0 Å². The molecule has 7 nitrogen and oxygen atoms in total. The molecule has 0 N–H and O–H groups in total. The monoisotopic (exact) mass is 394 g/mol. The lowest BCUT2D eigenvalue weighted by Gasteiger charge is -2.44. The number of piperazine rings is 1. The number of likely N-dealkylation sites (N-methyl/N-ethyl adjacent to an activating group) is 1. The molecule has 2 aliphatic rings. The van der Waals surface area contributed by atoms with Gasteiger partial charge in [-0.05, 0) is 37.9 Å². The minimum Gasteiger partial charge on any atom is -0.337 e. The molecule has 0 aromatic carbocycles. The first-order chi connectivity index (χ1) is 12.8. The predicted molar refractivity (Wildman–Crippen MR) is 104 cm³/mol. The second-order valence-corrected chi connectivity index (χ2v) is 9.91. The third-order valence-corrected chi connectivity index (χ3v) is 7.63. The van der Waals surface area contributed by atoms with Crippen LogP contribution in [0.2, 0.25) is 0 Å². The van der Waals surface area contributed by atoms with E-state index in [1.165, 1.54) is 10.5 Å². The maximum Gasteiger partial charge on any atom is 0.244 e. The zero-order valence-electron chi connectivity index (χ0n) is 16.4. The number of pyridine rings is 1. The summed E-state index contributed by atoms with van der Waals surface area (Å²) >= 11 is 0. The van der Waals surface area contributed by atoms with Crippen LogP contribution in [0.4, 0.5) is 0 Å². The van der Waals surface area contributed by atoms with Crippen LogP contribution in [-0.4, -0.2) is 79.2 Å². The Bertz CT molecular complexity index is 745. The average molecular weight is 395 g/mol. The number of aromatic nitrogens is 1. The zero-order valence-corrected chi connectivity index (χ0v) is 17.2. The van der Waals surface area contributed by atoms with Crippen LogP contribution in [0.1, 0.15) is 26.7 Å². The topological polar surface area (TPSA) is 73.8 Å². The summed E-state index contributed by atoms with van der Waals surface area (Å²) in [5.74, 6) is 0.512. The highest BCUT2D eigenvalue weighted by Crippen LogP contribution is 2.27. The zero-order chi connectivity index (χ0) is 19.6. The normalized spacial score (nSPS) is 23.7. The van der Waals surface area contributed by atoms with Crippen molar-refractivity contribution in [2.75, 3.05) is 39.8 Å². The van der Waals surface area contributed by atoms with Crippen LogP contribution in [0, 0.1) is 11.8 Å². The van der Waals surface area contributed by atoms with E-state index in [-0.39, 0.29) is 22.8 Å². The van der Waals surface area contributed by atoms with E-state index in [1.54, 1.807) is 18.3 Å². The summed E-state index contributed by atoms with van der Waals surface area (Å²) in [5, 5.41) is 0. The molecular formula is C19H30N4O3S. The van der Waals surface area contributed by atoms with Crippen LogP contribution in [0.15, 0.2) is 29.4 Å². The van der Waals surface area contributed by atoms with Gasteiger partial charge in [-0.1, -0.05) is 13.8 Å². The van der Waals surface area contributed by atoms with Gasteiger partial charge in [0.05, 0.1) is 0 Å². The molecule has 150 valence electrons. The molecule has 3 rings (SSSR count). The van der Waals surface area contributed by atoms with Gasteiger partial charge in [0.2, 0.25) is 15.9 Å². The molecule has 2 fully saturated rings. The lowest BCUT2D eigenvalue weighted by molar-refractivity contribution is -0.142. The molecule has 3 heterocycles. The highest BCUT2D eigenvalue weighted by molar-refractivity contribution is 7.89. The molecule has 0 aliphatic carbocycles. The lowest BCUT2D eigenvalue weighted by Crippen LogP contribution is -2.58.